The maximum absolute atomic E-state index is 12.7. The average Bonchev–Trinajstić information content (AvgIpc) is 3.12. The van der Waals surface area contributed by atoms with Gasteiger partial charge in [0, 0.05) is 18.8 Å². The number of hydrogen-bond donors (Lipinski definition) is 1. The van der Waals surface area contributed by atoms with Gasteiger partial charge in [-0.05, 0) is 37.5 Å². The molecule has 126 valence electrons. The van der Waals surface area contributed by atoms with Gasteiger partial charge in [0.15, 0.2) is 11.6 Å². The molecule has 1 aliphatic heterocycles. The largest absolute Gasteiger partial charge is 0.459 e. The van der Waals surface area contributed by atoms with E-state index in [-0.39, 0.29) is 11.9 Å². The molecular formula is C17H20N4O3. The fraction of sp³-hybridized carbons (Fsp3) is 0.471. The molecule has 2 aromatic heterocycles. The molecule has 1 amide bonds. The van der Waals surface area contributed by atoms with Crippen molar-refractivity contribution in [2.24, 2.45) is 0 Å². The van der Waals surface area contributed by atoms with Crippen molar-refractivity contribution in [3.8, 4) is 0 Å². The number of rotatable bonds is 4. The third kappa shape index (κ3) is 2.99. The van der Waals surface area contributed by atoms with Gasteiger partial charge in [0.05, 0.1) is 19.5 Å². The molecule has 7 nitrogen and oxygen atoms in total. The number of carbonyl (C=O) groups excluding carboxylic acids is 1. The normalized spacial score (nSPS) is 21.3. The van der Waals surface area contributed by atoms with Crippen molar-refractivity contribution >= 4 is 11.7 Å². The van der Waals surface area contributed by atoms with Gasteiger partial charge in [0.2, 0.25) is 0 Å². The second kappa shape index (κ2) is 6.60. The molecule has 0 radical (unpaired) electrons. The third-order valence-electron chi connectivity index (χ3n) is 4.55. The summed E-state index contributed by atoms with van der Waals surface area (Å²) in [6, 6.07) is 5.44. The van der Waals surface area contributed by atoms with Crippen molar-refractivity contribution in [1.82, 2.24) is 14.9 Å². The number of morpholine rings is 1. The summed E-state index contributed by atoms with van der Waals surface area (Å²) in [7, 11) is 0. The molecule has 7 heteroatoms. The summed E-state index contributed by atoms with van der Waals surface area (Å²) in [6.45, 7) is 1.39. The predicted molar refractivity (Wildman–Crippen MR) is 86.6 cm³/mol. The van der Waals surface area contributed by atoms with Gasteiger partial charge in [0.25, 0.3) is 5.91 Å². The van der Waals surface area contributed by atoms with E-state index in [2.05, 4.69) is 15.3 Å². The van der Waals surface area contributed by atoms with E-state index in [1.165, 1.54) is 25.5 Å². The highest BCUT2D eigenvalue weighted by atomic mass is 16.5. The smallest absolute Gasteiger partial charge is 0.290 e. The Hall–Kier alpha value is -2.41. The molecule has 0 unspecified atom stereocenters. The highest BCUT2D eigenvalue weighted by molar-refractivity contribution is 5.91. The Kier molecular flexibility index (Phi) is 4.17. The minimum Gasteiger partial charge on any atom is -0.459 e. The number of aromatic nitrogens is 2. The summed E-state index contributed by atoms with van der Waals surface area (Å²) in [4.78, 5) is 23.4. The first-order valence-corrected chi connectivity index (χ1v) is 8.33. The van der Waals surface area contributed by atoms with E-state index in [1.54, 1.807) is 23.2 Å². The second-order valence-corrected chi connectivity index (χ2v) is 6.14. The number of anilines is 1. The van der Waals surface area contributed by atoms with Gasteiger partial charge in [-0.1, -0.05) is 0 Å². The number of nitrogens with one attached hydrogen (secondary N) is 1. The first kappa shape index (κ1) is 15.1. The molecular weight excluding hydrogens is 308 g/mol. The van der Waals surface area contributed by atoms with Gasteiger partial charge < -0.3 is 19.4 Å². The lowest BCUT2D eigenvalue weighted by molar-refractivity contribution is -0.00672. The van der Waals surface area contributed by atoms with E-state index in [0.29, 0.717) is 37.4 Å². The molecule has 3 heterocycles. The Morgan fingerprint density at radius 1 is 1.33 bits per heavy atom. The molecule has 1 aliphatic carbocycles. The van der Waals surface area contributed by atoms with E-state index in [4.69, 9.17) is 9.15 Å². The zero-order valence-electron chi connectivity index (χ0n) is 13.4. The number of amides is 1. The quantitative estimate of drug-likeness (QED) is 0.927. The van der Waals surface area contributed by atoms with Crippen LogP contribution in [-0.2, 0) is 4.74 Å². The fourth-order valence-corrected chi connectivity index (χ4v) is 2.98. The zero-order valence-corrected chi connectivity index (χ0v) is 13.4. The average molecular weight is 328 g/mol. The van der Waals surface area contributed by atoms with Crippen LogP contribution in [0.5, 0.6) is 0 Å². The van der Waals surface area contributed by atoms with Crippen LogP contribution in [0.25, 0.3) is 0 Å². The summed E-state index contributed by atoms with van der Waals surface area (Å²) in [5, 5.41) is 3.42. The molecule has 2 aliphatic rings. The molecule has 24 heavy (non-hydrogen) atoms. The SMILES string of the molecule is O=C(c1ccco1)N1CCOC[C@H]1c1nccc(NC2CCC2)n1. The fourth-order valence-electron chi connectivity index (χ4n) is 2.98. The minimum absolute atomic E-state index is 0.158. The topological polar surface area (TPSA) is 80.5 Å². The van der Waals surface area contributed by atoms with Crippen molar-refractivity contribution in [1.29, 1.82) is 0 Å². The Morgan fingerprint density at radius 3 is 3.00 bits per heavy atom. The van der Waals surface area contributed by atoms with Crippen LogP contribution in [0, 0.1) is 0 Å². The van der Waals surface area contributed by atoms with Gasteiger partial charge in [-0.2, -0.15) is 0 Å². The van der Waals surface area contributed by atoms with Crippen LogP contribution in [0.15, 0.2) is 35.1 Å². The Morgan fingerprint density at radius 2 is 2.25 bits per heavy atom. The molecule has 1 N–H and O–H groups in total. The van der Waals surface area contributed by atoms with Crippen molar-refractivity contribution in [3.05, 3.63) is 42.2 Å². The lowest BCUT2D eigenvalue weighted by atomic mass is 9.93. The van der Waals surface area contributed by atoms with E-state index >= 15 is 0 Å². The molecule has 0 bridgehead atoms. The first-order chi connectivity index (χ1) is 11.8. The molecule has 0 aromatic carbocycles. The summed E-state index contributed by atoms with van der Waals surface area (Å²) in [5.41, 5.74) is 0. The monoisotopic (exact) mass is 328 g/mol. The molecule has 1 atom stereocenters. The van der Waals surface area contributed by atoms with Gasteiger partial charge in [0.1, 0.15) is 11.9 Å². The zero-order chi connectivity index (χ0) is 16.4. The Bertz CT molecular complexity index is 700. The van der Waals surface area contributed by atoms with Crippen molar-refractivity contribution in [2.75, 3.05) is 25.1 Å². The van der Waals surface area contributed by atoms with Crippen LogP contribution in [-0.4, -0.2) is 46.6 Å². The maximum Gasteiger partial charge on any atom is 0.290 e. The highest BCUT2D eigenvalue weighted by Gasteiger charge is 2.32. The molecule has 1 saturated heterocycles. The molecule has 2 aromatic rings. The number of furan rings is 1. The van der Waals surface area contributed by atoms with E-state index in [1.807, 2.05) is 6.07 Å². The van der Waals surface area contributed by atoms with Gasteiger partial charge >= 0.3 is 0 Å². The van der Waals surface area contributed by atoms with Gasteiger partial charge in [-0.15, -0.1) is 0 Å². The predicted octanol–water partition coefficient (Wildman–Crippen LogP) is 2.25. The van der Waals surface area contributed by atoms with Crippen LogP contribution in [0.1, 0.15) is 41.7 Å². The number of hydrogen-bond acceptors (Lipinski definition) is 6. The maximum atomic E-state index is 12.7. The lowest BCUT2D eigenvalue weighted by Gasteiger charge is -2.34. The van der Waals surface area contributed by atoms with Crippen LogP contribution < -0.4 is 5.32 Å². The van der Waals surface area contributed by atoms with Crippen LogP contribution in [0.4, 0.5) is 5.82 Å². The van der Waals surface area contributed by atoms with Gasteiger partial charge in [-0.3, -0.25) is 4.79 Å². The third-order valence-corrected chi connectivity index (χ3v) is 4.55. The highest BCUT2D eigenvalue weighted by Crippen LogP contribution is 2.26. The van der Waals surface area contributed by atoms with Crippen molar-refractivity contribution < 1.29 is 13.9 Å². The van der Waals surface area contributed by atoms with E-state index in [9.17, 15) is 4.79 Å². The number of nitrogens with zero attached hydrogens (tertiary/aromatic N) is 3. The molecule has 1 saturated carbocycles. The number of carbonyl (C=O) groups is 1. The van der Waals surface area contributed by atoms with Crippen LogP contribution >= 0.6 is 0 Å². The minimum atomic E-state index is -0.306. The summed E-state index contributed by atoms with van der Waals surface area (Å²) in [5.74, 6) is 1.57. The number of ether oxygens (including phenoxy) is 1. The summed E-state index contributed by atoms with van der Waals surface area (Å²) in [6.07, 6.45) is 6.84. The van der Waals surface area contributed by atoms with Crippen LogP contribution in [0.2, 0.25) is 0 Å². The Labute approximate surface area is 140 Å². The van der Waals surface area contributed by atoms with Crippen molar-refractivity contribution in [2.45, 2.75) is 31.3 Å². The molecule has 2 fully saturated rings. The van der Waals surface area contributed by atoms with E-state index < -0.39 is 0 Å². The lowest BCUT2D eigenvalue weighted by Crippen LogP contribution is -2.44. The summed E-state index contributed by atoms with van der Waals surface area (Å²) >= 11 is 0. The second-order valence-electron chi connectivity index (χ2n) is 6.14. The Balaban J connectivity index is 1.56. The van der Waals surface area contributed by atoms with Crippen molar-refractivity contribution in [3.63, 3.8) is 0 Å². The van der Waals surface area contributed by atoms with Gasteiger partial charge in [-0.25, -0.2) is 9.97 Å². The van der Waals surface area contributed by atoms with Crippen LogP contribution in [0.3, 0.4) is 0 Å². The summed E-state index contributed by atoms with van der Waals surface area (Å²) < 4.78 is 10.8. The molecule has 4 rings (SSSR count). The van der Waals surface area contributed by atoms with E-state index in [0.717, 1.165) is 5.82 Å². The first-order valence-electron chi connectivity index (χ1n) is 8.33. The standard InChI is InChI=1S/C17H20N4O3/c22-17(14-5-2-9-24-14)21-8-10-23-11-13(21)16-18-7-6-15(20-16)19-12-3-1-4-12/h2,5-7,9,12-13H,1,3-4,8,10-11H2,(H,18,19,20)/t13-/m0/s1. The molecule has 0 spiro atoms.